The number of fused-ring (bicyclic) bond motifs is 1. The van der Waals surface area contributed by atoms with Crippen molar-refractivity contribution in [3.63, 3.8) is 0 Å². The Kier molecular flexibility index (Phi) is 3.62. The third-order valence-corrected chi connectivity index (χ3v) is 3.21. The lowest BCUT2D eigenvalue weighted by Gasteiger charge is -2.22. The van der Waals surface area contributed by atoms with Crippen LogP contribution in [0.4, 0.5) is 10.1 Å². The predicted molar refractivity (Wildman–Crippen MR) is 73.1 cm³/mol. The van der Waals surface area contributed by atoms with Gasteiger partial charge in [0.1, 0.15) is 5.82 Å². The van der Waals surface area contributed by atoms with Crippen LogP contribution in [0.5, 0.6) is 0 Å². The third-order valence-electron chi connectivity index (χ3n) is 3.21. The van der Waals surface area contributed by atoms with Crippen molar-refractivity contribution in [2.24, 2.45) is 0 Å². The molecule has 1 aliphatic heterocycles. The maximum Gasteiger partial charge on any atom is 0.255 e. The first-order chi connectivity index (χ1) is 9.74. The highest BCUT2D eigenvalue weighted by atomic mass is 19.1. The summed E-state index contributed by atoms with van der Waals surface area (Å²) >= 11 is 0. The molecule has 0 radical (unpaired) electrons. The van der Waals surface area contributed by atoms with E-state index in [1.54, 1.807) is 24.3 Å². The molecule has 1 atom stereocenters. The van der Waals surface area contributed by atoms with Crippen molar-refractivity contribution in [3.05, 3.63) is 42.2 Å². The first-order valence-electron chi connectivity index (χ1n) is 6.42. The van der Waals surface area contributed by atoms with Crippen LogP contribution in [0.25, 0.3) is 10.8 Å². The Morgan fingerprint density at radius 3 is 2.95 bits per heavy atom. The van der Waals surface area contributed by atoms with Crippen LogP contribution in [-0.2, 0) is 14.3 Å². The zero-order valence-corrected chi connectivity index (χ0v) is 10.8. The Labute approximate surface area is 115 Å². The van der Waals surface area contributed by atoms with Crippen LogP contribution in [0.1, 0.15) is 0 Å². The van der Waals surface area contributed by atoms with E-state index in [1.807, 2.05) is 0 Å². The number of carbonyl (C=O) groups is 1. The molecule has 3 rings (SSSR count). The van der Waals surface area contributed by atoms with Gasteiger partial charge in [0.05, 0.1) is 19.8 Å². The smallest absolute Gasteiger partial charge is 0.255 e. The minimum atomic E-state index is -0.598. The summed E-state index contributed by atoms with van der Waals surface area (Å²) in [6.45, 7) is 1.18. The fraction of sp³-hybridized carbons (Fsp3) is 0.267. The van der Waals surface area contributed by atoms with Gasteiger partial charge in [-0.15, -0.1) is 0 Å². The fourth-order valence-electron chi connectivity index (χ4n) is 2.22. The van der Waals surface area contributed by atoms with E-state index in [1.165, 1.54) is 12.1 Å². The topological polar surface area (TPSA) is 47.6 Å². The third kappa shape index (κ3) is 2.64. The van der Waals surface area contributed by atoms with Gasteiger partial charge in [-0.3, -0.25) is 4.79 Å². The molecule has 1 fully saturated rings. The van der Waals surface area contributed by atoms with Crippen LogP contribution in [0.2, 0.25) is 0 Å². The van der Waals surface area contributed by atoms with Crippen molar-refractivity contribution in [2.45, 2.75) is 6.10 Å². The standard InChI is InChI=1S/C15H14FNO3/c16-11-4-5-12-10(8-11)2-1-3-13(12)17-15(18)14-9-19-6-7-20-14/h1-5,8,14H,6-7,9H2,(H,17,18). The minimum absolute atomic E-state index is 0.249. The summed E-state index contributed by atoms with van der Waals surface area (Å²) in [5.74, 6) is -0.550. The highest BCUT2D eigenvalue weighted by molar-refractivity contribution is 6.03. The summed E-state index contributed by atoms with van der Waals surface area (Å²) < 4.78 is 23.8. The Morgan fingerprint density at radius 1 is 1.25 bits per heavy atom. The van der Waals surface area contributed by atoms with Crippen LogP contribution < -0.4 is 5.32 Å². The summed E-state index contributed by atoms with van der Waals surface area (Å²) in [5.41, 5.74) is 0.640. The van der Waals surface area contributed by atoms with Gasteiger partial charge in [0.2, 0.25) is 0 Å². The lowest BCUT2D eigenvalue weighted by atomic mass is 10.1. The molecule has 4 nitrogen and oxygen atoms in total. The molecule has 2 aromatic rings. The maximum absolute atomic E-state index is 13.2. The molecular formula is C15H14FNO3. The van der Waals surface area contributed by atoms with Crippen molar-refractivity contribution in [1.29, 1.82) is 0 Å². The lowest BCUT2D eigenvalue weighted by molar-refractivity contribution is -0.142. The van der Waals surface area contributed by atoms with Crippen molar-refractivity contribution in [2.75, 3.05) is 25.1 Å². The van der Waals surface area contributed by atoms with Crippen LogP contribution in [0, 0.1) is 5.82 Å². The Bertz CT molecular complexity index is 638. The van der Waals surface area contributed by atoms with Gasteiger partial charge in [-0.05, 0) is 29.7 Å². The van der Waals surface area contributed by atoms with Crippen LogP contribution >= 0.6 is 0 Å². The van der Waals surface area contributed by atoms with Gasteiger partial charge in [-0.25, -0.2) is 4.39 Å². The molecule has 1 N–H and O–H groups in total. The number of nitrogens with one attached hydrogen (secondary N) is 1. The molecule has 20 heavy (non-hydrogen) atoms. The normalized spacial score (nSPS) is 18.9. The average molecular weight is 275 g/mol. The van der Waals surface area contributed by atoms with E-state index >= 15 is 0 Å². The van der Waals surface area contributed by atoms with E-state index in [0.717, 1.165) is 10.8 Å². The molecule has 104 valence electrons. The zero-order chi connectivity index (χ0) is 13.9. The molecule has 0 saturated carbocycles. The first kappa shape index (κ1) is 13.0. The number of benzene rings is 2. The quantitative estimate of drug-likeness (QED) is 0.915. The number of hydrogen-bond acceptors (Lipinski definition) is 3. The highest BCUT2D eigenvalue weighted by Crippen LogP contribution is 2.24. The van der Waals surface area contributed by atoms with Crippen molar-refractivity contribution in [1.82, 2.24) is 0 Å². The molecule has 0 aromatic heterocycles. The average Bonchev–Trinajstić information content (AvgIpc) is 2.48. The van der Waals surface area contributed by atoms with Gasteiger partial charge in [-0.1, -0.05) is 12.1 Å². The highest BCUT2D eigenvalue weighted by Gasteiger charge is 2.23. The van der Waals surface area contributed by atoms with E-state index in [0.29, 0.717) is 18.9 Å². The Morgan fingerprint density at radius 2 is 2.15 bits per heavy atom. The Balaban J connectivity index is 1.85. The predicted octanol–water partition coefficient (Wildman–Crippen LogP) is 2.33. The lowest BCUT2D eigenvalue weighted by Crippen LogP contribution is -2.39. The van der Waals surface area contributed by atoms with Gasteiger partial charge < -0.3 is 14.8 Å². The molecule has 5 heteroatoms. The number of hydrogen-bond donors (Lipinski definition) is 1. The van der Waals surface area contributed by atoms with Gasteiger partial charge in [0, 0.05) is 11.1 Å². The summed E-state index contributed by atoms with van der Waals surface area (Å²) in [6.07, 6.45) is -0.598. The molecular weight excluding hydrogens is 261 g/mol. The minimum Gasteiger partial charge on any atom is -0.376 e. The molecule has 0 spiro atoms. The summed E-state index contributed by atoms with van der Waals surface area (Å²) in [4.78, 5) is 12.1. The maximum atomic E-state index is 13.2. The number of anilines is 1. The number of amides is 1. The van der Waals surface area contributed by atoms with E-state index in [2.05, 4.69) is 5.32 Å². The second kappa shape index (κ2) is 5.56. The molecule has 1 saturated heterocycles. The SMILES string of the molecule is O=C(Nc1cccc2cc(F)ccc12)C1COCCO1. The van der Waals surface area contributed by atoms with Gasteiger partial charge in [0.25, 0.3) is 5.91 Å². The molecule has 0 bridgehead atoms. The molecule has 1 amide bonds. The van der Waals surface area contributed by atoms with Gasteiger partial charge in [-0.2, -0.15) is 0 Å². The van der Waals surface area contributed by atoms with Gasteiger partial charge in [0.15, 0.2) is 6.10 Å². The van der Waals surface area contributed by atoms with E-state index in [-0.39, 0.29) is 18.3 Å². The molecule has 2 aromatic carbocycles. The van der Waals surface area contributed by atoms with E-state index in [4.69, 9.17) is 9.47 Å². The second-order valence-electron chi connectivity index (χ2n) is 4.59. The summed E-state index contributed by atoms with van der Waals surface area (Å²) in [5, 5.41) is 4.34. The van der Waals surface area contributed by atoms with Crippen LogP contribution in [-0.4, -0.2) is 31.8 Å². The number of ether oxygens (including phenoxy) is 2. The van der Waals surface area contributed by atoms with E-state index in [9.17, 15) is 9.18 Å². The van der Waals surface area contributed by atoms with Crippen LogP contribution in [0.3, 0.4) is 0 Å². The number of rotatable bonds is 2. The fourth-order valence-corrected chi connectivity index (χ4v) is 2.22. The van der Waals surface area contributed by atoms with Crippen molar-refractivity contribution < 1.29 is 18.7 Å². The van der Waals surface area contributed by atoms with Crippen LogP contribution in [0.15, 0.2) is 36.4 Å². The first-order valence-corrected chi connectivity index (χ1v) is 6.42. The zero-order valence-electron chi connectivity index (χ0n) is 10.8. The largest absolute Gasteiger partial charge is 0.376 e. The van der Waals surface area contributed by atoms with Crippen molar-refractivity contribution in [3.8, 4) is 0 Å². The number of carbonyl (C=O) groups excluding carboxylic acids is 1. The summed E-state index contributed by atoms with van der Waals surface area (Å²) in [7, 11) is 0. The Hall–Kier alpha value is -1.98. The number of halogens is 1. The summed E-state index contributed by atoms with van der Waals surface area (Å²) in [6, 6.07) is 9.81. The monoisotopic (exact) mass is 275 g/mol. The molecule has 1 unspecified atom stereocenters. The molecule has 1 heterocycles. The van der Waals surface area contributed by atoms with Gasteiger partial charge >= 0.3 is 0 Å². The molecule has 0 aliphatic carbocycles. The second-order valence-corrected chi connectivity index (χ2v) is 4.59. The van der Waals surface area contributed by atoms with Crippen molar-refractivity contribution >= 4 is 22.4 Å². The van der Waals surface area contributed by atoms with E-state index < -0.39 is 6.10 Å². The molecule has 1 aliphatic rings.